The fraction of sp³-hybridized carbons (Fsp3) is 0.929. The van der Waals surface area contributed by atoms with Crippen molar-refractivity contribution in [1.29, 1.82) is 0 Å². The van der Waals surface area contributed by atoms with Crippen molar-refractivity contribution in [1.82, 2.24) is 10.6 Å². The zero-order chi connectivity index (χ0) is 15.4. The Hall–Kier alpha value is 0.230. The molecule has 3 N–H and O–H groups in total. The van der Waals surface area contributed by atoms with E-state index in [9.17, 15) is 5.11 Å². The maximum absolute atomic E-state index is 10.3. The molecule has 0 aromatic heterocycles. The summed E-state index contributed by atoms with van der Waals surface area (Å²) in [5.41, 5.74) is -0.629. The Bertz CT molecular complexity index is 303. The molecule has 0 bridgehead atoms. The molecule has 1 unspecified atom stereocenters. The third-order valence-electron chi connectivity index (χ3n) is 3.15. The minimum Gasteiger partial charge on any atom is -0.387 e. The van der Waals surface area contributed by atoms with Gasteiger partial charge < -0.3 is 25.2 Å². The van der Waals surface area contributed by atoms with Crippen LogP contribution < -0.4 is 10.6 Å². The van der Waals surface area contributed by atoms with E-state index in [2.05, 4.69) is 15.6 Å². The Kier molecular flexibility index (Phi) is 13.8. The van der Waals surface area contributed by atoms with Gasteiger partial charge in [0.2, 0.25) is 0 Å². The van der Waals surface area contributed by atoms with Crippen molar-refractivity contribution in [2.75, 3.05) is 58.1 Å². The Morgan fingerprint density at radius 3 is 2.77 bits per heavy atom. The first-order valence-corrected chi connectivity index (χ1v) is 8.74. The first-order chi connectivity index (χ1) is 10.2. The van der Waals surface area contributed by atoms with Gasteiger partial charge >= 0.3 is 0 Å². The topological polar surface area (TPSA) is 75.1 Å². The van der Waals surface area contributed by atoms with Gasteiger partial charge in [-0.3, -0.25) is 4.99 Å². The van der Waals surface area contributed by atoms with E-state index < -0.39 is 5.60 Å². The van der Waals surface area contributed by atoms with Gasteiger partial charge in [0.15, 0.2) is 5.96 Å². The molecule has 1 rings (SSSR count). The van der Waals surface area contributed by atoms with Gasteiger partial charge in [-0.2, -0.15) is 11.8 Å². The van der Waals surface area contributed by atoms with Crippen molar-refractivity contribution in [3.05, 3.63) is 0 Å². The van der Waals surface area contributed by atoms with Crippen molar-refractivity contribution in [2.24, 2.45) is 4.99 Å². The van der Waals surface area contributed by atoms with E-state index in [0.29, 0.717) is 26.4 Å². The summed E-state index contributed by atoms with van der Waals surface area (Å²) in [5, 5.41) is 16.7. The van der Waals surface area contributed by atoms with Crippen LogP contribution in [0.2, 0.25) is 0 Å². The minimum absolute atomic E-state index is 0. The molecule has 0 aromatic carbocycles. The molecule has 1 heterocycles. The lowest BCUT2D eigenvalue weighted by molar-refractivity contribution is 0.0698. The molecule has 0 amide bonds. The molecule has 1 saturated heterocycles. The number of nitrogens with zero attached hydrogens (tertiary/aromatic N) is 1. The summed E-state index contributed by atoms with van der Waals surface area (Å²) >= 11 is 1.79. The van der Waals surface area contributed by atoms with Crippen LogP contribution in [0.25, 0.3) is 0 Å². The van der Waals surface area contributed by atoms with Crippen LogP contribution in [0.4, 0.5) is 0 Å². The van der Waals surface area contributed by atoms with Crippen molar-refractivity contribution in [3.63, 3.8) is 0 Å². The van der Waals surface area contributed by atoms with Crippen LogP contribution in [0.1, 0.15) is 19.8 Å². The van der Waals surface area contributed by atoms with Gasteiger partial charge in [0.1, 0.15) is 0 Å². The maximum atomic E-state index is 10.3. The third-order valence-corrected chi connectivity index (χ3v) is 4.38. The highest BCUT2D eigenvalue weighted by Crippen LogP contribution is 2.27. The number of halogens is 1. The highest BCUT2D eigenvalue weighted by atomic mass is 127. The van der Waals surface area contributed by atoms with Gasteiger partial charge in [0, 0.05) is 32.6 Å². The Morgan fingerprint density at radius 1 is 1.32 bits per heavy atom. The molecule has 132 valence electrons. The second-order valence-electron chi connectivity index (χ2n) is 5.11. The standard InChI is InChI=1S/C14H29N3O3S.HI/c1-3-15-13(16-6-4-7-20-9-8-19-2)17-11-14(18)5-10-21-12-14;/h18H,3-12H2,1-2H3,(H2,15,16,17);1H. The molecule has 8 heteroatoms. The van der Waals surface area contributed by atoms with E-state index in [0.717, 1.165) is 43.4 Å². The number of rotatable bonds is 10. The number of nitrogens with one attached hydrogen (secondary N) is 2. The van der Waals surface area contributed by atoms with E-state index in [1.54, 1.807) is 18.9 Å². The number of hydrogen-bond donors (Lipinski definition) is 3. The number of ether oxygens (including phenoxy) is 2. The van der Waals surface area contributed by atoms with Crippen LogP contribution in [0, 0.1) is 0 Å². The SMILES string of the molecule is CCNC(=NCC1(O)CCSC1)NCCCOCCOC.I. The molecule has 0 radical (unpaired) electrons. The molecule has 1 atom stereocenters. The lowest BCUT2D eigenvalue weighted by atomic mass is 10.1. The van der Waals surface area contributed by atoms with E-state index >= 15 is 0 Å². The molecule has 1 aliphatic heterocycles. The van der Waals surface area contributed by atoms with Crippen molar-refractivity contribution in [3.8, 4) is 0 Å². The summed E-state index contributed by atoms with van der Waals surface area (Å²) in [7, 11) is 1.67. The summed E-state index contributed by atoms with van der Waals surface area (Å²) < 4.78 is 10.3. The van der Waals surface area contributed by atoms with Gasteiger partial charge in [-0.15, -0.1) is 24.0 Å². The summed E-state index contributed by atoms with van der Waals surface area (Å²) in [6, 6.07) is 0. The molecule has 0 spiro atoms. The van der Waals surface area contributed by atoms with Crippen LogP contribution in [0.15, 0.2) is 4.99 Å². The zero-order valence-corrected chi connectivity index (χ0v) is 16.7. The van der Waals surface area contributed by atoms with Crippen LogP contribution in [0.5, 0.6) is 0 Å². The summed E-state index contributed by atoms with van der Waals surface area (Å²) in [4.78, 5) is 4.48. The van der Waals surface area contributed by atoms with E-state index in [-0.39, 0.29) is 24.0 Å². The average molecular weight is 447 g/mol. The molecular weight excluding hydrogens is 417 g/mol. The largest absolute Gasteiger partial charge is 0.387 e. The number of aliphatic hydroxyl groups is 1. The summed E-state index contributed by atoms with van der Waals surface area (Å²) in [6.45, 7) is 6.07. The molecule has 6 nitrogen and oxygen atoms in total. The normalized spacial score (nSPS) is 21.5. The predicted molar refractivity (Wildman–Crippen MR) is 104 cm³/mol. The van der Waals surface area contributed by atoms with Crippen LogP contribution in [-0.2, 0) is 9.47 Å². The Balaban J connectivity index is 0.00000441. The smallest absolute Gasteiger partial charge is 0.191 e. The Morgan fingerprint density at radius 2 is 2.14 bits per heavy atom. The minimum atomic E-state index is -0.629. The number of guanidine groups is 1. The monoisotopic (exact) mass is 447 g/mol. The fourth-order valence-corrected chi connectivity index (χ4v) is 3.20. The third kappa shape index (κ3) is 10.1. The summed E-state index contributed by atoms with van der Waals surface area (Å²) in [5.74, 6) is 2.57. The molecular formula is C14H30IN3O3S. The molecule has 0 aromatic rings. The number of thioether (sulfide) groups is 1. The van der Waals surface area contributed by atoms with Gasteiger partial charge in [-0.25, -0.2) is 0 Å². The first kappa shape index (κ1) is 22.2. The highest BCUT2D eigenvalue weighted by molar-refractivity contribution is 14.0. The predicted octanol–water partition coefficient (Wildman–Crippen LogP) is 1.08. The van der Waals surface area contributed by atoms with Gasteiger partial charge in [0.25, 0.3) is 0 Å². The average Bonchev–Trinajstić information content (AvgIpc) is 2.91. The second-order valence-corrected chi connectivity index (χ2v) is 6.21. The van der Waals surface area contributed by atoms with Crippen LogP contribution >= 0.6 is 35.7 Å². The van der Waals surface area contributed by atoms with Crippen molar-refractivity contribution < 1.29 is 14.6 Å². The lowest BCUT2D eigenvalue weighted by Gasteiger charge is -2.19. The first-order valence-electron chi connectivity index (χ1n) is 7.59. The van der Waals surface area contributed by atoms with Gasteiger partial charge in [-0.05, 0) is 25.5 Å². The molecule has 1 aliphatic rings. The highest BCUT2D eigenvalue weighted by Gasteiger charge is 2.31. The van der Waals surface area contributed by atoms with Crippen LogP contribution in [-0.4, -0.2) is 74.7 Å². The number of aliphatic imine (C=N–C) groups is 1. The van der Waals surface area contributed by atoms with E-state index in [1.165, 1.54) is 0 Å². The zero-order valence-electron chi connectivity index (χ0n) is 13.6. The van der Waals surface area contributed by atoms with Gasteiger partial charge in [-0.1, -0.05) is 0 Å². The fourth-order valence-electron chi connectivity index (χ4n) is 1.91. The van der Waals surface area contributed by atoms with E-state index in [1.807, 2.05) is 6.92 Å². The summed E-state index contributed by atoms with van der Waals surface area (Å²) in [6.07, 6.45) is 1.74. The lowest BCUT2D eigenvalue weighted by Crippen LogP contribution is -2.40. The molecule has 0 aliphatic carbocycles. The Labute approximate surface area is 155 Å². The molecule has 1 fully saturated rings. The van der Waals surface area contributed by atoms with Crippen molar-refractivity contribution >= 4 is 41.7 Å². The number of hydrogen-bond acceptors (Lipinski definition) is 5. The van der Waals surface area contributed by atoms with E-state index in [4.69, 9.17) is 9.47 Å². The van der Waals surface area contributed by atoms with Crippen molar-refractivity contribution in [2.45, 2.75) is 25.4 Å². The van der Waals surface area contributed by atoms with Crippen LogP contribution in [0.3, 0.4) is 0 Å². The number of methoxy groups -OCH3 is 1. The molecule has 22 heavy (non-hydrogen) atoms. The maximum Gasteiger partial charge on any atom is 0.191 e. The quantitative estimate of drug-likeness (QED) is 0.202. The van der Waals surface area contributed by atoms with Gasteiger partial charge in [0.05, 0.1) is 25.4 Å². The molecule has 0 saturated carbocycles. The second kappa shape index (κ2) is 13.6.